The fourth-order valence-corrected chi connectivity index (χ4v) is 3.91. The Morgan fingerprint density at radius 2 is 1.75 bits per heavy atom. The third-order valence-electron chi connectivity index (χ3n) is 5.08. The van der Waals surface area contributed by atoms with Gasteiger partial charge in [-0.2, -0.15) is 13.2 Å². The zero-order chi connectivity index (χ0) is 20.1. The predicted octanol–water partition coefficient (Wildman–Crippen LogP) is 1.96. The zero-order valence-corrected chi connectivity index (χ0v) is 16.4. The van der Waals surface area contributed by atoms with Gasteiger partial charge in [0.05, 0.1) is 29.9 Å². The van der Waals surface area contributed by atoms with Crippen LogP contribution in [0.25, 0.3) is 0 Å². The molecule has 1 N–H and O–H groups in total. The molecule has 0 radical (unpaired) electrons. The number of aliphatic hydroxyl groups is 1. The van der Waals surface area contributed by atoms with Crippen LogP contribution in [0.5, 0.6) is 0 Å². The van der Waals surface area contributed by atoms with Crippen molar-refractivity contribution in [2.24, 2.45) is 0 Å². The van der Waals surface area contributed by atoms with E-state index in [-0.39, 0.29) is 5.02 Å². The summed E-state index contributed by atoms with van der Waals surface area (Å²) >= 11 is 6.08. The number of aromatic nitrogens is 1. The number of pyridine rings is 1. The lowest BCUT2D eigenvalue weighted by molar-refractivity contribution is -0.137. The van der Waals surface area contributed by atoms with E-state index in [4.69, 9.17) is 16.3 Å². The molecule has 0 bridgehead atoms. The number of nitrogens with zero attached hydrogens (tertiary/aromatic N) is 4. The van der Waals surface area contributed by atoms with Crippen molar-refractivity contribution < 1.29 is 23.0 Å². The van der Waals surface area contributed by atoms with E-state index in [1.807, 2.05) is 4.90 Å². The number of hydrogen-bond acceptors (Lipinski definition) is 6. The van der Waals surface area contributed by atoms with Crippen molar-refractivity contribution in [3.8, 4) is 0 Å². The largest absolute Gasteiger partial charge is 0.417 e. The van der Waals surface area contributed by atoms with Gasteiger partial charge in [0.15, 0.2) is 0 Å². The van der Waals surface area contributed by atoms with Crippen LogP contribution in [0.1, 0.15) is 12.0 Å². The molecule has 2 saturated heterocycles. The topological polar surface area (TPSA) is 52.1 Å². The first-order valence-corrected chi connectivity index (χ1v) is 9.89. The van der Waals surface area contributed by atoms with Crippen LogP contribution in [0.3, 0.4) is 0 Å². The average molecular weight is 423 g/mol. The fourth-order valence-electron chi connectivity index (χ4n) is 3.62. The summed E-state index contributed by atoms with van der Waals surface area (Å²) in [7, 11) is 0. The second kappa shape index (κ2) is 9.58. The maximum Gasteiger partial charge on any atom is 0.417 e. The van der Waals surface area contributed by atoms with E-state index in [9.17, 15) is 18.3 Å². The van der Waals surface area contributed by atoms with Gasteiger partial charge in [0.25, 0.3) is 0 Å². The van der Waals surface area contributed by atoms with Gasteiger partial charge >= 0.3 is 6.18 Å². The zero-order valence-electron chi connectivity index (χ0n) is 15.7. The second-order valence-corrected chi connectivity index (χ2v) is 7.64. The van der Waals surface area contributed by atoms with Gasteiger partial charge in [-0.05, 0) is 19.0 Å². The summed E-state index contributed by atoms with van der Waals surface area (Å²) in [5.41, 5.74) is -0.844. The molecular formula is C18H26ClF3N4O2. The SMILES string of the molecule is OC(CN1CCOCC1)CN1CCCN(c2ncc(C(F)(F)F)cc2Cl)CC1. The minimum atomic E-state index is -4.46. The summed E-state index contributed by atoms with van der Waals surface area (Å²) in [4.78, 5) is 10.3. The predicted molar refractivity (Wildman–Crippen MR) is 101 cm³/mol. The number of morpholine rings is 1. The lowest BCUT2D eigenvalue weighted by atomic mass is 10.2. The summed E-state index contributed by atoms with van der Waals surface area (Å²) in [6.07, 6.45) is -3.25. The molecule has 2 aliphatic heterocycles. The van der Waals surface area contributed by atoms with Crippen LogP contribution in [0, 0.1) is 0 Å². The first-order valence-electron chi connectivity index (χ1n) is 9.51. The Labute approximate surface area is 167 Å². The van der Waals surface area contributed by atoms with Gasteiger partial charge in [-0.25, -0.2) is 4.98 Å². The highest BCUT2D eigenvalue weighted by Gasteiger charge is 2.32. The third-order valence-corrected chi connectivity index (χ3v) is 5.36. The summed E-state index contributed by atoms with van der Waals surface area (Å²) in [5.74, 6) is 0.380. The molecule has 0 aliphatic carbocycles. The summed E-state index contributed by atoms with van der Waals surface area (Å²) in [6.45, 7) is 7.03. The molecule has 6 nitrogen and oxygen atoms in total. The number of β-amino-alcohol motifs (C(OH)–C–C–N with tert-alkyl or cyclic N) is 1. The van der Waals surface area contributed by atoms with Gasteiger partial charge < -0.3 is 14.7 Å². The molecule has 10 heteroatoms. The van der Waals surface area contributed by atoms with Gasteiger partial charge in [0.1, 0.15) is 5.82 Å². The number of rotatable bonds is 5. The molecule has 1 unspecified atom stereocenters. The Morgan fingerprint density at radius 1 is 1.07 bits per heavy atom. The molecule has 0 amide bonds. The maximum absolute atomic E-state index is 12.8. The standard InChI is InChI=1S/C18H26ClF3N4O2/c19-16-10-14(18(20,21)22)11-23-17(16)26-3-1-2-24(4-5-26)12-15(27)13-25-6-8-28-9-7-25/h10-11,15,27H,1-9,12-13H2. The quantitative estimate of drug-likeness (QED) is 0.783. The minimum absolute atomic E-state index is 0.00984. The van der Waals surface area contributed by atoms with E-state index >= 15 is 0 Å². The Balaban J connectivity index is 1.53. The van der Waals surface area contributed by atoms with Crippen LogP contribution in [-0.2, 0) is 10.9 Å². The van der Waals surface area contributed by atoms with Gasteiger partial charge in [0, 0.05) is 52.0 Å². The van der Waals surface area contributed by atoms with Crippen LogP contribution in [0.4, 0.5) is 19.0 Å². The van der Waals surface area contributed by atoms with Gasteiger partial charge in [-0.15, -0.1) is 0 Å². The molecular weight excluding hydrogens is 397 g/mol. The highest BCUT2D eigenvalue weighted by Crippen LogP contribution is 2.33. The molecule has 3 heterocycles. The summed E-state index contributed by atoms with van der Waals surface area (Å²) < 4.78 is 43.7. The molecule has 0 spiro atoms. The Bertz CT molecular complexity index is 644. The van der Waals surface area contributed by atoms with Crippen molar-refractivity contribution in [2.45, 2.75) is 18.7 Å². The number of ether oxygens (including phenoxy) is 1. The van der Waals surface area contributed by atoms with E-state index in [2.05, 4.69) is 14.8 Å². The molecule has 158 valence electrons. The summed E-state index contributed by atoms with van der Waals surface area (Å²) in [5, 5.41) is 10.4. The third kappa shape index (κ3) is 5.93. The highest BCUT2D eigenvalue weighted by atomic mass is 35.5. The normalized spacial score (nSPS) is 21.5. The van der Waals surface area contributed by atoms with E-state index in [1.54, 1.807) is 0 Å². The maximum atomic E-state index is 12.8. The van der Waals surface area contributed by atoms with Gasteiger partial charge in [-0.3, -0.25) is 9.80 Å². The molecule has 0 aromatic carbocycles. The molecule has 1 aromatic heterocycles. The molecule has 0 saturated carbocycles. The molecule has 1 atom stereocenters. The number of aliphatic hydroxyl groups excluding tert-OH is 1. The van der Waals surface area contributed by atoms with Crippen molar-refractivity contribution in [2.75, 3.05) is 70.5 Å². The minimum Gasteiger partial charge on any atom is -0.390 e. The molecule has 2 fully saturated rings. The van der Waals surface area contributed by atoms with Crippen molar-refractivity contribution in [1.82, 2.24) is 14.8 Å². The van der Waals surface area contributed by atoms with Crippen molar-refractivity contribution >= 4 is 17.4 Å². The number of halogens is 4. The van der Waals surface area contributed by atoms with E-state index < -0.39 is 17.8 Å². The fraction of sp³-hybridized carbons (Fsp3) is 0.722. The lowest BCUT2D eigenvalue weighted by Gasteiger charge is -2.30. The first kappa shape index (κ1) is 21.6. The number of anilines is 1. The summed E-state index contributed by atoms with van der Waals surface area (Å²) in [6, 6.07) is 0.929. The van der Waals surface area contributed by atoms with E-state index in [0.29, 0.717) is 51.8 Å². The smallest absolute Gasteiger partial charge is 0.390 e. The molecule has 28 heavy (non-hydrogen) atoms. The van der Waals surface area contributed by atoms with E-state index in [1.165, 1.54) is 0 Å². The van der Waals surface area contributed by atoms with Crippen LogP contribution in [0.15, 0.2) is 12.3 Å². The number of hydrogen-bond donors (Lipinski definition) is 1. The van der Waals surface area contributed by atoms with Crippen LogP contribution < -0.4 is 4.90 Å². The second-order valence-electron chi connectivity index (χ2n) is 7.24. The highest BCUT2D eigenvalue weighted by molar-refractivity contribution is 6.33. The number of alkyl halides is 3. The van der Waals surface area contributed by atoms with Gasteiger partial charge in [0.2, 0.25) is 0 Å². The van der Waals surface area contributed by atoms with Crippen LogP contribution >= 0.6 is 11.6 Å². The van der Waals surface area contributed by atoms with Crippen molar-refractivity contribution in [3.63, 3.8) is 0 Å². The van der Waals surface area contributed by atoms with Crippen LogP contribution in [-0.4, -0.2) is 91.6 Å². The Hall–Kier alpha value is -1.13. The first-order chi connectivity index (χ1) is 13.3. The molecule has 2 aliphatic rings. The van der Waals surface area contributed by atoms with Crippen LogP contribution in [0.2, 0.25) is 5.02 Å². The molecule has 1 aromatic rings. The Morgan fingerprint density at radius 3 is 2.39 bits per heavy atom. The molecule has 3 rings (SSSR count). The monoisotopic (exact) mass is 422 g/mol. The van der Waals surface area contributed by atoms with Crippen molar-refractivity contribution in [3.05, 3.63) is 22.8 Å². The van der Waals surface area contributed by atoms with Gasteiger partial charge in [-0.1, -0.05) is 11.6 Å². The van der Waals surface area contributed by atoms with Crippen molar-refractivity contribution in [1.29, 1.82) is 0 Å². The average Bonchev–Trinajstić information content (AvgIpc) is 2.87. The van der Waals surface area contributed by atoms with E-state index in [0.717, 1.165) is 38.3 Å². The lowest BCUT2D eigenvalue weighted by Crippen LogP contribution is -2.45. The Kier molecular flexibility index (Phi) is 7.38.